The quantitative estimate of drug-likeness (QED) is 0.836. The van der Waals surface area contributed by atoms with Gasteiger partial charge in [-0.15, -0.1) is 0 Å². The van der Waals surface area contributed by atoms with Crippen LogP contribution in [0.5, 0.6) is 0 Å². The molecule has 0 bridgehead atoms. The highest BCUT2D eigenvalue weighted by Crippen LogP contribution is 2.37. The Morgan fingerprint density at radius 3 is 2.48 bits per heavy atom. The third-order valence-corrected chi connectivity index (χ3v) is 3.97. The highest BCUT2D eigenvalue weighted by atomic mass is 35.5. The van der Waals surface area contributed by atoms with Gasteiger partial charge in [-0.25, -0.2) is 9.67 Å². The molecule has 0 aliphatic heterocycles. The van der Waals surface area contributed by atoms with Crippen LogP contribution in [0.1, 0.15) is 44.7 Å². The second kappa shape index (κ2) is 6.93. The summed E-state index contributed by atoms with van der Waals surface area (Å²) in [4.78, 5) is 16.9. The van der Waals surface area contributed by atoms with Crippen molar-refractivity contribution >= 4 is 17.4 Å². The van der Waals surface area contributed by atoms with Crippen LogP contribution >= 0.6 is 11.6 Å². The minimum atomic E-state index is -0.585. The first kappa shape index (κ1) is 17.2. The Hall–Kier alpha value is -2.19. The highest BCUT2D eigenvalue weighted by molar-refractivity contribution is 6.30. The molecule has 0 aliphatic rings. The van der Waals surface area contributed by atoms with E-state index in [1.54, 1.807) is 16.8 Å². The number of ketones is 1. The van der Waals surface area contributed by atoms with E-state index in [0.717, 1.165) is 5.56 Å². The first-order valence-electron chi connectivity index (χ1n) is 7.35. The predicted molar refractivity (Wildman–Crippen MR) is 87.9 cm³/mol. The molecule has 1 heterocycles. The van der Waals surface area contributed by atoms with Gasteiger partial charge in [0.15, 0.2) is 5.78 Å². The summed E-state index contributed by atoms with van der Waals surface area (Å²) >= 11 is 5.95. The summed E-state index contributed by atoms with van der Waals surface area (Å²) in [6, 6.07) is 8.83. The second-order valence-corrected chi connectivity index (χ2v) is 6.89. The van der Waals surface area contributed by atoms with Crippen LogP contribution in [0, 0.1) is 16.7 Å². The van der Waals surface area contributed by atoms with Gasteiger partial charge < -0.3 is 0 Å². The number of halogens is 1. The van der Waals surface area contributed by atoms with Crippen LogP contribution in [0.2, 0.25) is 5.02 Å². The Morgan fingerprint density at radius 2 is 2.00 bits per heavy atom. The van der Waals surface area contributed by atoms with Crippen LogP contribution in [0.4, 0.5) is 0 Å². The van der Waals surface area contributed by atoms with Gasteiger partial charge in [-0.05, 0) is 17.7 Å². The fraction of sp³-hybridized carbons (Fsp3) is 0.412. The Morgan fingerprint density at radius 1 is 1.35 bits per heavy atom. The summed E-state index contributed by atoms with van der Waals surface area (Å²) in [7, 11) is 0. The third kappa shape index (κ3) is 3.96. The van der Waals surface area contributed by atoms with Crippen molar-refractivity contribution in [3.05, 3.63) is 47.5 Å². The third-order valence-electron chi connectivity index (χ3n) is 3.72. The molecule has 2 unspecified atom stereocenters. The van der Waals surface area contributed by atoms with Gasteiger partial charge in [0.25, 0.3) is 0 Å². The Labute approximate surface area is 140 Å². The molecule has 1 aromatic heterocycles. The zero-order valence-corrected chi connectivity index (χ0v) is 14.2. The number of aromatic nitrogens is 3. The van der Waals surface area contributed by atoms with Gasteiger partial charge in [0.2, 0.25) is 0 Å². The van der Waals surface area contributed by atoms with Crippen molar-refractivity contribution in [3.8, 4) is 6.07 Å². The molecule has 5 nitrogen and oxygen atoms in total. The van der Waals surface area contributed by atoms with Crippen molar-refractivity contribution in [2.24, 2.45) is 5.41 Å². The summed E-state index contributed by atoms with van der Waals surface area (Å²) in [5.41, 5.74) is 0.325. The fourth-order valence-corrected chi connectivity index (χ4v) is 2.64. The summed E-state index contributed by atoms with van der Waals surface area (Å²) in [5.74, 6) is -0.302. The van der Waals surface area contributed by atoms with E-state index >= 15 is 0 Å². The molecular formula is C17H19ClN4O. The van der Waals surface area contributed by atoms with E-state index in [2.05, 4.69) is 16.2 Å². The van der Waals surface area contributed by atoms with Crippen molar-refractivity contribution in [1.29, 1.82) is 5.26 Å². The number of nitriles is 1. The molecule has 0 saturated carbocycles. The van der Waals surface area contributed by atoms with E-state index in [9.17, 15) is 10.1 Å². The minimum Gasteiger partial charge on any atom is -0.297 e. The maximum Gasteiger partial charge on any atom is 0.163 e. The first-order valence-corrected chi connectivity index (χ1v) is 7.73. The van der Waals surface area contributed by atoms with Gasteiger partial charge in [0.05, 0.1) is 6.07 Å². The first-order chi connectivity index (χ1) is 10.8. The molecule has 0 saturated heterocycles. The van der Waals surface area contributed by atoms with Gasteiger partial charge in [0.1, 0.15) is 18.7 Å². The van der Waals surface area contributed by atoms with E-state index in [4.69, 9.17) is 11.6 Å². The second-order valence-electron chi connectivity index (χ2n) is 6.45. The fourth-order valence-electron chi connectivity index (χ4n) is 2.51. The number of hydrogen-bond donors (Lipinski definition) is 0. The molecule has 0 fully saturated rings. The lowest BCUT2D eigenvalue weighted by atomic mass is 9.78. The van der Waals surface area contributed by atoms with Crippen LogP contribution in [0.25, 0.3) is 0 Å². The number of nitrogens with zero attached hydrogens (tertiary/aromatic N) is 4. The lowest BCUT2D eigenvalue weighted by Crippen LogP contribution is -2.35. The van der Waals surface area contributed by atoms with Crippen molar-refractivity contribution in [2.45, 2.75) is 39.2 Å². The molecule has 0 spiro atoms. The molecule has 2 atom stereocenters. The van der Waals surface area contributed by atoms with Crippen LogP contribution in [-0.2, 0) is 4.79 Å². The van der Waals surface area contributed by atoms with E-state index in [1.165, 1.54) is 12.7 Å². The molecule has 2 aromatic rings. The SMILES string of the molecule is CC(C)(C)C(=O)C(C(CC#N)c1ccc(Cl)cc1)n1cncn1. The van der Waals surface area contributed by atoms with E-state index in [1.807, 2.05) is 32.9 Å². The zero-order chi connectivity index (χ0) is 17.0. The summed E-state index contributed by atoms with van der Waals surface area (Å²) in [6.07, 6.45) is 3.12. The monoisotopic (exact) mass is 330 g/mol. The van der Waals surface area contributed by atoms with Gasteiger partial charge in [0, 0.05) is 22.8 Å². The van der Waals surface area contributed by atoms with Crippen LogP contribution in [-0.4, -0.2) is 20.5 Å². The summed E-state index contributed by atoms with van der Waals surface area (Å²) in [5, 5.41) is 14.0. The molecule has 1 aromatic carbocycles. The summed E-state index contributed by atoms with van der Waals surface area (Å²) in [6.45, 7) is 5.60. The van der Waals surface area contributed by atoms with Crippen molar-refractivity contribution in [1.82, 2.24) is 14.8 Å². The molecule has 120 valence electrons. The number of rotatable bonds is 5. The van der Waals surface area contributed by atoms with Crippen molar-refractivity contribution < 1.29 is 4.79 Å². The van der Waals surface area contributed by atoms with Crippen LogP contribution < -0.4 is 0 Å². The standard InChI is InChI=1S/C17H19ClN4O/c1-17(2,3)16(23)15(22-11-20-10-21-22)14(8-9-19)12-4-6-13(18)7-5-12/h4-7,10-11,14-15H,8H2,1-3H3. The number of carbonyl (C=O) groups is 1. The molecule has 2 rings (SSSR count). The Balaban J connectivity index is 2.51. The molecule has 0 amide bonds. The average Bonchev–Trinajstić information content (AvgIpc) is 3.00. The molecule has 0 radical (unpaired) electrons. The zero-order valence-electron chi connectivity index (χ0n) is 13.4. The van der Waals surface area contributed by atoms with Crippen molar-refractivity contribution in [3.63, 3.8) is 0 Å². The Bertz CT molecular complexity index is 696. The normalized spacial score (nSPS) is 14.0. The average molecular weight is 331 g/mol. The lowest BCUT2D eigenvalue weighted by Gasteiger charge is -2.30. The molecule has 0 aliphatic carbocycles. The van der Waals surface area contributed by atoms with Gasteiger partial charge in [-0.2, -0.15) is 10.4 Å². The number of hydrogen-bond acceptors (Lipinski definition) is 4. The van der Waals surface area contributed by atoms with E-state index < -0.39 is 11.5 Å². The molecule has 6 heteroatoms. The smallest absolute Gasteiger partial charge is 0.163 e. The van der Waals surface area contributed by atoms with Gasteiger partial charge in [-0.1, -0.05) is 44.5 Å². The van der Waals surface area contributed by atoms with Crippen LogP contribution in [0.15, 0.2) is 36.9 Å². The molecule has 0 N–H and O–H groups in total. The van der Waals surface area contributed by atoms with Crippen LogP contribution in [0.3, 0.4) is 0 Å². The topological polar surface area (TPSA) is 71.6 Å². The number of benzene rings is 1. The summed E-state index contributed by atoms with van der Waals surface area (Å²) < 4.78 is 1.55. The lowest BCUT2D eigenvalue weighted by molar-refractivity contribution is -0.130. The number of carbonyl (C=O) groups excluding carboxylic acids is 1. The predicted octanol–water partition coefficient (Wildman–Crippen LogP) is 3.79. The molecular weight excluding hydrogens is 312 g/mol. The van der Waals surface area contributed by atoms with Gasteiger partial charge >= 0.3 is 0 Å². The Kier molecular flexibility index (Phi) is 5.17. The van der Waals surface area contributed by atoms with Gasteiger partial charge in [-0.3, -0.25) is 4.79 Å². The highest BCUT2D eigenvalue weighted by Gasteiger charge is 2.37. The number of Topliss-reactive ketones (excluding diaryl/α,β-unsaturated/α-hetero) is 1. The largest absolute Gasteiger partial charge is 0.297 e. The maximum atomic E-state index is 13.0. The van der Waals surface area contributed by atoms with E-state index in [-0.39, 0.29) is 18.1 Å². The van der Waals surface area contributed by atoms with Crippen molar-refractivity contribution in [2.75, 3.05) is 0 Å². The van der Waals surface area contributed by atoms with E-state index in [0.29, 0.717) is 5.02 Å². The molecule has 23 heavy (non-hydrogen) atoms. The maximum absolute atomic E-state index is 13.0. The minimum absolute atomic E-state index is 0.0122.